The molecule has 1 unspecified atom stereocenters. The Balaban J connectivity index is 1.44. The van der Waals surface area contributed by atoms with Crippen LogP contribution in [0, 0.1) is 0 Å². The molecular weight excluding hydrogens is 340 g/mol. The van der Waals surface area contributed by atoms with Crippen molar-refractivity contribution in [1.29, 1.82) is 0 Å². The standard InChI is InChI=1S/C22H24N2O3/c1-23-14-27-21-9-17-20(10-19(21)23)26-13-22(17)12-24(11-15-5-4-8-25-15)18-7-3-2-6-16(18)22/h2-3,6-7,9-10,15H,4-5,8,11-14H2,1H3/t15-,22?/m1/s1. The summed E-state index contributed by atoms with van der Waals surface area (Å²) in [6.07, 6.45) is 2.67. The maximum atomic E-state index is 6.24. The fourth-order valence-electron chi connectivity index (χ4n) is 5.17. The van der Waals surface area contributed by atoms with E-state index in [4.69, 9.17) is 14.2 Å². The van der Waals surface area contributed by atoms with Gasteiger partial charge in [-0.05, 0) is 30.5 Å². The Bertz CT molecular complexity index is 908. The summed E-state index contributed by atoms with van der Waals surface area (Å²) in [7, 11) is 2.05. The van der Waals surface area contributed by atoms with Crippen LogP contribution in [0.1, 0.15) is 24.0 Å². The zero-order valence-electron chi connectivity index (χ0n) is 15.6. The van der Waals surface area contributed by atoms with Crippen LogP contribution >= 0.6 is 0 Å². The summed E-state index contributed by atoms with van der Waals surface area (Å²) in [6.45, 7) is 4.08. The smallest absolute Gasteiger partial charge is 0.161 e. The number of rotatable bonds is 2. The number of hydrogen-bond acceptors (Lipinski definition) is 5. The molecule has 0 N–H and O–H groups in total. The molecule has 4 aliphatic heterocycles. The number of anilines is 2. The highest BCUT2D eigenvalue weighted by atomic mass is 16.5. The van der Waals surface area contributed by atoms with Gasteiger partial charge in [0.05, 0.1) is 17.2 Å². The molecule has 5 nitrogen and oxygen atoms in total. The van der Waals surface area contributed by atoms with Crippen LogP contribution in [-0.4, -0.2) is 46.2 Å². The van der Waals surface area contributed by atoms with E-state index in [-0.39, 0.29) is 5.41 Å². The third-order valence-electron chi connectivity index (χ3n) is 6.54. The van der Waals surface area contributed by atoms with Gasteiger partial charge in [0, 0.05) is 44.1 Å². The van der Waals surface area contributed by atoms with Crippen LogP contribution in [0.25, 0.3) is 0 Å². The summed E-state index contributed by atoms with van der Waals surface area (Å²) in [5.74, 6) is 1.97. The van der Waals surface area contributed by atoms with E-state index >= 15 is 0 Å². The molecule has 2 atom stereocenters. The zero-order chi connectivity index (χ0) is 18.0. The summed E-state index contributed by atoms with van der Waals surface area (Å²) in [6, 6.07) is 13.2. The Morgan fingerprint density at radius 1 is 1.07 bits per heavy atom. The van der Waals surface area contributed by atoms with Crippen molar-refractivity contribution in [2.75, 3.05) is 49.9 Å². The van der Waals surface area contributed by atoms with Crippen molar-refractivity contribution in [3.05, 3.63) is 47.5 Å². The Morgan fingerprint density at radius 2 is 2.00 bits per heavy atom. The van der Waals surface area contributed by atoms with Gasteiger partial charge in [0.25, 0.3) is 0 Å². The first kappa shape index (κ1) is 15.6. The lowest BCUT2D eigenvalue weighted by Crippen LogP contribution is -2.39. The van der Waals surface area contributed by atoms with Crippen molar-refractivity contribution >= 4 is 11.4 Å². The second-order valence-electron chi connectivity index (χ2n) is 8.19. The minimum absolute atomic E-state index is 0.121. The van der Waals surface area contributed by atoms with Crippen molar-refractivity contribution in [2.45, 2.75) is 24.4 Å². The molecule has 4 heterocycles. The van der Waals surface area contributed by atoms with E-state index in [0.717, 1.165) is 43.3 Å². The number of para-hydroxylation sites is 1. The average molecular weight is 364 g/mol. The van der Waals surface area contributed by atoms with Crippen LogP contribution in [0.5, 0.6) is 11.5 Å². The first-order valence-corrected chi connectivity index (χ1v) is 9.86. The first-order valence-electron chi connectivity index (χ1n) is 9.86. The monoisotopic (exact) mass is 364 g/mol. The van der Waals surface area contributed by atoms with E-state index in [0.29, 0.717) is 19.4 Å². The van der Waals surface area contributed by atoms with Crippen LogP contribution in [0.2, 0.25) is 0 Å². The Labute approximate surface area is 159 Å². The van der Waals surface area contributed by atoms with Crippen molar-refractivity contribution in [1.82, 2.24) is 0 Å². The predicted molar refractivity (Wildman–Crippen MR) is 104 cm³/mol. The molecule has 140 valence electrons. The third-order valence-corrected chi connectivity index (χ3v) is 6.54. The van der Waals surface area contributed by atoms with Gasteiger partial charge in [-0.25, -0.2) is 0 Å². The Morgan fingerprint density at radius 3 is 2.89 bits per heavy atom. The lowest BCUT2D eigenvalue weighted by atomic mass is 9.77. The molecule has 1 saturated heterocycles. The van der Waals surface area contributed by atoms with Gasteiger partial charge in [-0.15, -0.1) is 0 Å². The van der Waals surface area contributed by atoms with Crippen molar-refractivity contribution in [2.24, 2.45) is 0 Å². The second-order valence-corrected chi connectivity index (χ2v) is 8.19. The van der Waals surface area contributed by atoms with E-state index in [1.807, 2.05) is 0 Å². The molecule has 1 spiro atoms. The van der Waals surface area contributed by atoms with Crippen molar-refractivity contribution in [3.63, 3.8) is 0 Å². The molecule has 6 rings (SSSR count). The lowest BCUT2D eigenvalue weighted by molar-refractivity contribution is 0.115. The number of fused-ring (bicyclic) bond motifs is 5. The summed E-state index contributed by atoms with van der Waals surface area (Å²) >= 11 is 0. The molecule has 0 aromatic heterocycles. The highest BCUT2D eigenvalue weighted by Gasteiger charge is 2.50. The molecule has 4 aliphatic rings. The van der Waals surface area contributed by atoms with Gasteiger partial charge in [0.2, 0.25) is 0 Å². The summed E-state index contributed by atoms with van der Waals surface area (Å²) in [5.41, 5.74) is 4.95. The summed E-state index contributed by atoms with van der Waals surface area (Å²) < 4.78 is 18.1. The van der Waals surface area contributed by atoms with E-state index in [1.54, 1.807) is 0 Å². The molecule has 5 heteroatoms. The molecule has 0 amide bonds. The molecule has 1 fully saturated rings. The molecule has 2 aromatic carbocycles. The topological polar surface area (TPSA) is 34.2 Å². The van der Waals surface area contributed by atoms with Crippen LogP contribution in [0.3, 0.4) is 0 Å². The van der Waals surface area contributed by atoms with Crippen LogP contribution in [0.15, 0.2) is 36.4 Å². The van der Waals surface area contributed by atoms with E-state index in [2.05, 4.69) is 53.2 Å². The molecule has 2 aromatic rings. The number of benzene rings is 2. The van der Waals surface area contributed by atoms with Gasteiger partial charge in [-0.2, -0.15) is 0 Å². The number of ether oxygens (including phenoxy) is 3. The highest BCUT2D eigenvalue weighted by molar-refractivity contribution is 5.74. The first-order chi connectivity index (χ1) is 13.2. The normalized spacial score (nSPS) is 27.5. The predicted octanol–water partition coefficient (Wildman–Crippen LogP) is 3.15. The van der Waals surface area contributed by atoms with Gasteiger partial charge in [-0.3, -0.25) is 0 Å². The van der Waals surface area contributed by atoms with Gasteiger partial charge >= 0.3 is 0 Å². The number of nitrogens with zero attached hydrogens (tertiary/aromatic N) is 2. The molecule has 27 heavy (non-hydrogen) atoms. The minimum atomic E-state index is -0.121. The minimum Gasteiger partial charge on any atom is -0.492 e. The van der Waals surface area contributed by atoms with Gasteiger partial charge in [-0.1, -0.05) is 18.2 Å². The Kier molecular flexibility index (Phi) is 3.21. The zero-order valence-corrected chi connectivity index (χ0v) is 15.6. The van der Waals surface area contributed by atoms with E-state index < -0.39 is 0 Å². The molecule has 0 aliphatic carbocycles. The van der Waals surface area contributed by atoms with Crippen LogP contribution < -0.4 is 19.3 Å². The lowest BCUT2D eigenvalue weighted by Gasteiger charge is -2.27. The molecule has 0 radical (unpaired) electrons. The van der Waals surface area contributed by atoms with Crippen LogP contribution in [0.4, 0.5) is 11.4 Å². The van der Waals surface area contributed by atoms with E-state index in [1.165, 1.54) is 23.2 Å². The highest BCUT2D eigenvalue weighted by Crippen LogP contribution is 2.54. The van der Waals surface area contributed by atoms with Crippen molar-refractivity contribution < 1.29 is 14.2 Å². The fourth-order valence-corrected chi connectivity index (χ4v) is 5.17. The van der Waals surface area contributed by atoms with Crippen molar-refractivity contribution in [3.8, 4) is 11.5 Å². The van der Waals surface area contributed by atoms with Gasteiger partial charge in [0.15, 0.2) is 6.73 Å². The SMILES string of the molecule is CN1COc2cc3c(cc21)OCC31CN(C[C@H]2CCCO2)c2ccccc21. The summed E-state index contributed by atoms with van der Waals surface area (Å²) in [4.78, 5) is 4.63. The largest absolute Gasteiger partial charge is 0.492 e. The quantitative estimate of drug-likeness (QED) is 0.818. The van der Waals surface area contributed by atoms with Gasteiger partial charge in [0.1, 0.15) is 18.1 Å². The third kappa shape index (κ3) is 2.15. The van der Waals surface area contributed by atoms with E-state index in [9.17, 15) is 0 Å². The molecule has 0 saturated carbocycles. The van der Waals surface area contributed by atoms with Gasteiger partial charge < -0.3 is 24.0 Å². The van der Waals surface area contributed by atoms with Crippen LogP contribution in [-0.2, 0) is 10.2 Å². The molecular formula is C22H24N2O3. The summed E-state index contributed by atoms with van der Waals surface area (Å²) in [5, 5.41) is 0. The number of hydrogen-bond donors (Lipinski definition) is 0. The average Bonchev–Trinajstić information content (AvgIpc) is 3.46. The second kappa shape index (κ2) is 5.55. The maximum Gasteiger partial charge on any atom is 0.161 e. The maximum absolute atomic E-state index is 6.24. The fraction of sp³-hybridized carbons (Fsp3) is 0.455. The Hall–Kier alpha value is -2.40. The molecule has 0 bridgehead atoms.